The fraction of sp³-hybridized carbons (Fsp3) is 0.111. The van der Waals surface area contributed by atoms with E-state index in [1.54, 1.807) is 14.2 Å². The molecule has 100 valence electrons. The Balaban J connectivity index is 2.07. The highest BCUT2D eigenvalue weighted by Crippen LogP contribution is 2.33. The quantitative estimate of drug-likeness (QED) is 0.824. The molecule has 1 aliphatic carbocycles. The van der Waals surface area contributed by atoms with Crippen molar-refractivity contribution in [2.24, 2.45) is 0 Å². The van der Waals surface area contributed by atoms with Gasteiger partial charge in [-0.15, -0.1) is 0 Å². The molecule has 0 spiro atoms. The monoisotopic (exact) mass is 264 g/mol. The van der Waals surface area contributed by atoms with Crippen LogP contribution in [0.5, 0.6) is 11.5 Å². The Labute approximate surface area is 119 Å². The van der Waals surface area contributed by atoms with Gasteiger partial charge in [-0.3, -0.25) is 0 Å². The first kappa shape index (κ1) is 12.5. The van der Waals surface area contributed by atoms with Crippen molar-refractivity contribution in [3.63, 3.8) is 0 Å². The smallest absolute Gasteiger partial charge is 0.126 e. The van der Waals surface area contributed by atoms with Crippen molar-refractivity contribution in [2.75, 3.05) is 14.2 Å². The van der Waals surface area contributed by atoms with Gasteiger partial charge >= 0.3 is 0 Å². The summed E-state index contributed by atoms with van der Waals surface area (Å²) >= 11 is 0. The topological polar surface area (TPSA) is 18.5 Å². The van der Waals surface area contributed by atoms with Crippen LogP contribution in [0.4, 0.5) is 0 Å². The zero-order valence-corrected chi connectivity index (χ0v) is 11.6. The standard InChI is InChI=1S/C18H16O2/c1-19-16-9-10-18(20-2)15(12-16)11-14-8-7-13-5-3-4-6-17(13)14/h3-12H,1-2H3/b14-11-. The molecule has 0 atom stereocenters. The molecule has 2 heteroatoms. The maximum Gasteiger partial charge on any atom is 0.126 e. The van der Waals surface area contributed by atoms with Gasteiger partial charge in [-0.1, -0.05) is 36.4 Å². The van der Waals surface area contributed by atoms with Crippen molar-refractivity contribution < 1.29 is 9.47 Å². The molecule has 0 saturated carbocycles. The number of allylic oxidation sites excluding steroid dienone is 2. The summed E-state index contributed by atoms with van der Waals surface area (Å²) in [5.74, 6) is 1.67. The molecule has 3 rings (SSSR count). The Morgan fingerprint density at radius 3 is 2.55 bits per heavy atom. The third-order valence-electron chi connectivity index (χ3n) is 3.46. The van der Waals surface area contributed by atoms with Crippen molar-refractivity contribution in [3.05, 3.63) is 65.2 Å². The number of benzene rings is 2. The van der Waals surface area contributed by atoms with Gasteiger partial charge in [0.1, 0.15) is 11.5 Å². The molecule has 20 heavy (non-hydrogen) atoms. The summed E-state index contributed by atoms with van der Waals surface area (Å²) in [5, 5.41) is 0. The molecular weight excluding hydrogens is 248 g/mol. The molecule has 2 aromatic carbocycles. The number of ether oxygens (including phenoxy) is 2. The first-order valence-corrected chi connectivity index (χ1v) is 6.53. The summed E-state index contributed by atoms with van der Waals surface area (Å²) in [5.41, 5.74) is 4.70. The van der Waals surface area contributed by atoms with Gasteiger partial charge in [-0.2, -0.15) is 0 Å². The lowest BCUT2D eigenvalue weighted by atomic mass is 10.0. The van der Waals surface area contributed by atoms with E-state index in [0.29, 0.717) is 0 Å². The highest BCUT2D eigenvalue weighted by Gasteiger charge is 2.11. The van der Waals surface area contributed by atoms with Crippen LogP contribution in [-0.2, 0) is 0 Å². The minimum Gasteiger partial charge on any atom is -0.497 e. The molecule has 0 unspecified atom stereocenters. The van der Waals surface area contributed by atoms with E-state index in [1.807, 2.05) is 18.2 Å². The average molecular weight is 264 g/mol. The van der Waals surface area contributed by atoms with Crippen LogP contribution in [0.1, 0.15) is 16.7 Å². The summed E-state index contributed by atoms with van der Waals surface area (Å²) in [6.45, 7) is 0. The lowest BCUT2D eigenvalue weighted by Gasteiger charge is -2.08. The Kier molecular flexibility index (Phi) is 3.30. The van der Waals surface area contributed by atoms with E-state index in [0.717, 1.165) is 17.1 Å². The van der Waals surface area contributed by atoms with Gasteiger partial charge < -0.3 is 9.47 Å². The summed E-state index contributed by atoms with van der Waals surface area (Å²) in [4.78, 5) is 0. The van der Waals surface area contributed by atoms with Crippen molar-refractivity contribution >= 4 is 17.7 Å². The molecule has 0 saturated heterocycles. The molecule has 0 radical (unpaired) electrons. The minimum absolute atomic E-state index is 0.827. The Hall–Kier alpha value is -2.48. The summed E-state index contributed by atoms with van der Waals surface area (Å²) in [7, 11) is 3.35. The first-order valence-electron chi connectivity index (χ1n) is 6.53. The molecule has 1 aliphatic rings. The van der Waals surface area contributed by atoms with Crippen LogP contribution < -0.4 is 9.47 Å². The second-order valence-electron chi connectivity index (χ2n) is 4.63. The normalized spacial score (nSPS) is 14.4. The van der Waals surface area contributed by atoms with Crippen LogP contribution in [0.15, 0.2) is 48.5 Å². The lowest BCUT2D eigenvalue weighted by Crippen LogP contribution is -1.90. The van der Waals surface area contributed by atoms with Crippen molar-refractivity contribution in [3.8, 4) is 11.5 Å². The highest BCUT2D eigenvalue weighted by atomic mass is 16.5. The molecule has 2 aromatic rings. The van der Waals surface area contributed by atoms with Gasteiger partial charge in [-0.05, 0) is 41.0 Å². The Morgan fingerprint density at radius 2 is 1.75 bits per heavy atom. The van der Waals surface area contributed by atoms with Crippen molar-refractivity contribution in [2.45, 2.75) is 0 Å². The summed E-state index contributed by atoms with van der Waals surface area (Å²) in [6.07, 6.45) is 6.39. The van der Waals surface area contributed by atoms with Crippen LogP contribution in [0.2, 0.25) is 0 Å². The van der Waals surface area contributed by atoms with Crippen molar-refractivity contribution in [1.29, 1.82) is 0 Å². The van der Waals surface area contributed by atoms with Crippen molar-refractivity contribution in [1.82, 2.24) is 0 Å². The van der Waals surface area contributed by atoms with E-state index in [2.05, 4.69) is 42.5 Å². The average Bonchev–Trinajstić information content (AvgIpc) is 2.90. The fourth-order valence-electron chi connectivity index (χ4n) is 2.42. The molecule has 0 aromatic heterocycles. The molecule has 0 N–H and O–H groups in total. The number of hydrogen-bond donors (Lipinski definition) is 0. The van der Waals surface area contributed by atoms with Gasteiger partial charge in [0.2, 0.25) is 0 Å². The second kappa shape index (κ2) is 5.25. The lowest BCUT2D eigenvalue weighted by molar-refractivity contribution is 0.402. The van der Waals surface area contributed by atoms with E-state index in [9.17, 15) is 0 Å². The zero-order chi connectivity index (χ0) is 13.9. The number of hydrogen-bond acceptors (Lipinski definition) is 2. The number of rotatable bonds is 3. The third-order valence-corrected chi connectivity index (χ3v) is 3.46. The Bertz CT molecular complexity index is 696. The van der Waals surface area contributed by atoms with Crippen LogP contribution in [0.25, 0.3) is 17.7 Å². The minimum atomic E-state index is 0.827. The predicted octanol–water partition coefficient (Wildman–Crippen LogP) is 4.27. The van der Waals surface area contributed by atoms with E-state index < -0.39 is 0 Å². The zero-order valence-electron chi connectivity index (χ0n) is 11.6. The van der Waals surface area contributed by atoms with Gasteiger partial charge in [0.05, 0.1) is 14.2 Å². The summed E-state index contributed by atoms with van der Waals surface area (Å²) in [6, 6.07) is 14.2. The molecule has 0 aliphatic heterocycles. The van der Waals surface area contributed by atoms with E-state index in [1.165, 1.54) is 16.7 Å². The third kappa shape index (κ3) is 2.21. The maximum atomic E-state index is 5.42. The maximum absolute atomic E-state index is 5.42. The van der Waals surface area contributed by atoms with E-state index >= 15 is 0 Å². The molecule has 2 nitrogen and oxygen atoms in total. The van der Waals surface area contributed by atoms with Crippen LogP contribution in [0.3, 0.4) is 0 Å². The van der Waals surface area contributed by atoms with Gasteiger partial charge in [0.15, 0.2) is 0 Å². The van der Waals surface area contributed by atoms with Crippen LogP contribution in [-0.4, -0.2) is 14.2 Å². The largest absolute Gasteiger partial charge is 0.497 e. The fourth-order valence-corrected chi connectivity index (χ4v) is 2.42. The highest BCUT2D eigenvalue weighted by molar-refractivity contribution is 5.98. The molecule has 0 amide bonds. The van der Waals surface area contributed by atoms with E-state index in [4.69, 9.17) is 9.47 Å². The summed E-state index contributed by atoms with van der Waals surface area (Å²) < 4.78 is 10.7. The second-order valence-corrected chi connectivity index (χ2v) is 4.63. The van der Waals surface area contributed by atoms with Crippen LogP contribution in [0, 0.1) is 0 Å². The molecular formula is C18H16O2. The molecule has 0 bridgehead atoms. The predicted molar refractivity (Wildman–Crippen MR) is 82.9 cm³/mol. The SMILES string of the molecule is COc1ccc(OC)c(/C=C2/C=Cc3ccccc32)c1. The number of fused-ring (bicyclic) bond motifs is 1. The van der Waals surface area contributed by atoms with E-state index in [-0.39, 0.29) is 0 Å². The number of methoxy groups -OCH3 is 2. The van der Waals surface area contributed by atoms with Gasteiger partial charge in [-0.25, -0.2) is 0 Å². The molecule has 0 fully saturated rings. The molecule has 0 heterocycles. The first-order chi connectivity index (χ1) is 9.81. The van der Waals surface area contributed by atoms with Crippen LogP contribution >= 0.6 is 0 Å². The Morgan fingerprint density at radius 1 is 0.900 bits per heavy atom. The van der Waals surface area contributed by atoms with Gasteiger partial charge in [0, 0.05) is 5.56 Å². The van der Waals surface area contributed by atoms with Gasteiger partial charge in [0.25, 0.3) is 0 Å².